The largest absolute Gasteiger partial charge is 0.493 e. The predicted molar refractivity (Wildman–Crippen MR) is 127 cm³/mol. The number of nitrogens with zero attached hydrogens (tertiary/aromatic N) is 1. The summed E-state index contributed by atoms with van der Waals surface area (Å²) >= 11 is 8.57. The number of amides is 1. The quantitative estimate of drug-likeness (QED) is 0.131. The topological polar surface area (TPSA) is 55.8 Å². The molecule has 1 aliphatic heterocycles. The van der Waals surface area contributed by atoms with E-state index in [2.05, 4.69) is 29.2 Å². The fourth-order valence-electron chi connectivity index (χ4n) is 2.58. The number of hydrogen-bond donors (Lipinski definition) is 0. The van der Waals surface area contributed by atoms with Crippen molar-refractivity contribution in [3.05, 3.63) is 74.7 Å². The van der Waals surface area contributed by atoms with E-state index in [1.807, 2.05) is 12.1 Å². The summed E-state index contributed by atoms with van der Waals surface area (Å²) in [6.07, 6.45) is 3.37. The first-order valence-electron chi connectivity index (χ1n) is 8.45. The molecule has 29 heavy (non-hydrogen) atoms. The lowest BCUT2D eigenvalue weighted by atomic mass is 10.1. The lowest BCUT2D eigenvalue weighted by molar-refractivity contribution is -0.121. The highest BCUT2D eigenvalue weighted by Crippen LogP contribution is 2.35. The number of hydrogen-bond acceptors (Lipinski definition) is 6. The monoisotopic (exact) mass is 537 g/mol. The summed E-state index contributed by atoms with van der Waals surface area (Å²) in [5, 5.41) is 0. The molecule has 2 aromatic carbocycles. The van der Waals surface area contributed by atoms with E-state index < -0.39 is 5.97 Å². The molecule has 1 saturated heterocycles. The third-order valence-electron chi connectivity index (χ3n) is 3.97. The van der Waals surface area contributed by atoms with Gasteiger partial charge in [-0.1, -0.05) is 48.3 Å². The Labute approximate surface area is 191 Å². The summed E-state index contributed by atoms with van der Waals surface area (Å²) in [6.45, 7) is 4.02. The van der Waals surface area contributed by atoms with Gasteiger partial charge in [0.2, 0.25) is 0 Å². The Hall–Kier alpha value is -2.17. The van der Waals surface area contributed by atoms with Crippen molar-refractivity contribution in [3.8, 4) is 11.5 Å². The number of methoxy groups -OCH3 is 1. The summed E-state index contributed by atoms with van der Waals surface area (Å²) < 4.78 is 12.2. The molecule has 0 N–H and O–H groups in total. The normalized spacial score (nSPS) is 15.0. The van der Waals surface area contributed by atoms with Crippen LogP contribution in [0.2, 0.25) is 0 Å². The van der Waals surface area contributed by atoms with Crippen LogP contribution in [0.1, 0.15) is 15.9 Å². The molecule has 5 nitrogen and oxygen atoms in total. The smallest absolute Gasteiger partial charge is 0.344 e. The van der Waals surface area contributed by atoms with Gasteiger partial charge in [0.25, 0.3) is 5.91 Å². The first kappa shape index (κ1) is 21.5. The Bertz CT molecular complexity index is 1040. The molecule has 1 fully saturated rings. The van der Waals surface area contributed by atoms with Crippen molar-refractivity contribution in [2.45, 2.75) is 0 Å². The third-order valence-corrected chi connectivity index (χ3v) is 6.29. The Morgan fingerprint density at radius 2 is 2.03 bits per heavy atom. The molecule has 1 amide bonds. The van der Waals surface area contributed by atoms with Gasteiger partial charge >= 0.3 is 5.97 Å². The molecular formula is C21H16INO4S2. The number of carbonyl (C=O) groups is 2. The highest BCUT2D eigenvalue weighted by molar-refractivity contribution is 14.1. The zero-order valence-corrected chi connectivity index (χ0v) is 19.2. The van der Waals surface area contributed by atoms with E-state index in [0.29, 0.717) is 32.8 Å². The van der Waals surface area contributed by atoms with Crippen LogP contribution >= 0.6 is 46.6 Å². The summed E-state index contributed by atoms with van der Waals surface area (Å²) in [4.78, 5) is 26.9. The van der Waals surface area contributed by atoms with Crippen LogP contribution in [0.4, 0.5) is 0 Å². The maximum atomic E-state index is 12.5. The number of benzene rings is 2. The average molecular weight is 537 g/mol. The van der Waals surface area contributed by atoms with E-state index in [0.717, 1.165) is 9.13 Å². The Balaban J connectivity index is 1.83. The van der Waals surface area contributed by atoms with Crippen LogP contribution in [-0.2, 0) is 4.79 Å². The van der Waals surface area contributed by atoms with Crippen molar-refractivity contribution in [1.29, 1.82) is 0 Å². The van der Waals surface area contributed by atoms with Crippen LogP contribution in [-0.4, -0.2) is 34.8 Å². The van der Waals surface area contributed by atoms with Crippen LogP contribution in [0.3, 0.4) is 0 Å². The standard InChI is InChI=1S/C21H16INO4S2/c1-3-10-23-19(24)18(29-21(23)28)12-13-8-9-16(17(11-13)26-2)27-20(25)14-6-4-5-7-15(14)22/h3-9,11-12H,1,10H2,2H3/b18-12+. The molecular weight excluding hydrogens is 521 g/mol. The zero-order valence-electron chi connectivity index (χ0n) is 15.4. The molecule has 1 heterocycles. The summed E-state index contributed by atoms with van der Waals surface area (Å²) in [7, 11) is 1.49. The van der Waals surface area contributed by atoms with Crippen LogP contribution in [0.5, 0.6) is 11.5 Å². The van der Waals surface area contributed by atoms with Gasteiger partial charge < -0.3 is 9.47 Å². The van der Waals surface area contributed by atoms with E-state index in [1.165, 1.54) is 23.8 Å². The number of halogens is 1. The van der Waals surface area contributed by atoms with Gasteiger partial charge in [-0.15, -0.1) is 6.58 Å². The number of ether oxygens (including phenoxy) is 2. The van der Waals surface area contributed by atoms with Gasteiger partial charge in [-0.05, 0) is 58.5 Å². The van der Waals surface area contributed by atoms with Crippen molar-refractivity contribution in [1.82, 2.24) is 4.90 Å². The maximum Gasteiger partial charge on any atom is 0.344 e. The van der Waals surface area contributed by atoms with Gasteiger partial charge in [-0.3, -0.25) is 9.69 Å². The molecule has 2 aromatic rings. The van der Waals surface area contributed by atoms with Crippen molar-refractivity contribution >= 4 is 68.8 Å². The fourth-order valence-corrected chi connectivity index (χ4v) is 4.46. The second kappa shape index (κ2) is 9.55. The van der Waals surface area contributed by atoms with E-state index in [4.69, 9.17) is 21.7 Å². The van der Waals surface area contributed by atoms with E-state index >= 15 is 0 Å². The minimum absolute atomic E-state index is 0.159. The highest BCUT2D eigenvalue weighted by Gasteiger charge is 2.31. The van der Waals surface area contributed by atoms with Gasteiger partial charge in [0, 0.05) is 10.1 Å². The first-order valence-corrected chi connectivity index (χ1v) is 10.8. The molecule has 3 rings (SSSR count). The van der Waals surface area contributed by atoms with Crippen LogP contribution in [0, 0.1) is 3.57 Å². The van der Waals surface area contributed by atoms with Gasteiger partial charge in [0.1, 0.15) is 4.32 Å². The molecule has 0 saturated carbocycles. The molecule has 148 valence electrons. The van der Waals surface area contributed by atoms with Crippen molar-refractivity contribution < 1.29 is 19.1 Å². The number of rotatable bonds is 6. The molecule has 1 aliphatic rings. The average Bonchev–Trinajstić information content (AvgIpc) is 2.97. The van der Waals surface area contributed by atoms with Gasteiger partial charge in [-0.25, -0.2) is 4.79 Å². The summed E-state index contributed by atoms with van der Waals surface area (Å²) in [6, 6.07) is 12.3. The molecule has 0 aromatic heterocycles. The Morgan fingerprint density at radius 1 is 1.28 bits per heavy atom. The predicted octanol–water partition coefficient (Wildman–Crippen LogP) is 4.91. The number of thiocarbonyl (C=S) groups is 1. The minimum atomic E-state index is -0.466. The second-order valence-electron chi connectivity index (χ2n) is 5.86. The highest BCUT2D eigenvalue weighted by atomic mass is 127. The molecule has 8 heteroatoms. The maximum absolute atomic E-state index is 12.5. The van der Waals surface area contributed by atoms with Crippen molar-refractivity contribution in [2.24, 2.45) is 0 Å². The number of thioether (sulfide) groups is 1. The van der Waals surface area contributed by atoms with Gasteiger partial charge in [0.05, 0.1) is 17.6 Å². The van der Waals surface area contributed by atoms with E-state index in [-0.39, 0.29) is 5.91 Å². The molecule has 0 spiro atoms. The molecule has 0 radical (unpaired) electrons. The zero-order chi connectivity index (χ0) is 21.0. The summed E-state index contributed by atoms with van der Waals surface area (Å²) in [5.41, 5.74) is 1.21. The van der Waals surface area contributed by atoms with Crippen LogP contribution in [0.25, 0.3) is 6.08 Å². The number of carbonyl (C=O) groups excluding carboxylic acids is 2. The summed E-state index contributed by atoms with van der Waals surface area (Å²) in [5.74, 6) is 0.0625. The Morgan fingerprint density at radius 3 is 2.72 bits per heavy atom. The van der Waals surface area contributed by atoms with Crippen molar-refractivity contribution in [3.63, 3.8) is 0 Å². The fraction of sp³-hybridized carbons (Fsp3) is 0.0952. The van der Waals surface area contributed by atoms with E-state index in [9.17, 15) is 9.59 Å². The first-order chi connectivity index (χ1) is 13.9. The van der Waals surface area contributed by atoms with Crippen molar-refractivity contribution in [2.75, 3.05) is 13.7 Å². The lowest BCUT2D eigenvalue weighted by Gasteiger charge is -2.11. The van der Waals surface area contributed by atoms with Gasteiger partial charge in [0.15, 0.2) is 11.5 Å². The number of esters is 1. The molecule has 0 bridgehead atoms. The molecule has 0 atom stereocenters. The van der Waals surface area contributed by atoms with E-state index in [1.54, 1.807) is 42.5 Å². The van der Waals surface area contributed by atoms with Gasteiger partial charge in [-0.2, -0.15) is 0 Å². The SMILES string of the molecule is C=CCN1C(=O)/C(=C\c2ccc(OC(=O)c3ccccc3I)c(OC)c2)SC1=S. The molecule has 0 aliphatic carbocycles. The lowest BCUT2D eigenvalue weighted by Crippen LogP contribution is -2.27. The molecule has 0 unspecified atom stereocenters. The second-order valence-corrected chi connectivity index (χ2v) is 8.70. The third kappa shape index (κ3) is 4.88. The van der Waals surface area contributed by atoms with Crippen LogP contribution in [0.15, 0.2) is 60.0 Å². The minimum Gasteiger partial charge on any atom is -0.493 e. The van der Waals surface area contributed by atoms with Crippen LogP contribution < -0.4 is 9.47 Å². The Kier molecular flexibility index (Phi) is 7.09.